The highest BCUT2D eigenvalue weighted by molar-refractivity contribution is 5.55. The van der Waals surface area contributed by atoms with Crippen molar-refractivity contribution >= 4 is 6.08 Å². The Kier molecular flexibility index (Phi) is 2.44. The molecule has 2 aliphatic rings. The first-order valence-corrected chi connectivity index (χ1v) is 6.19. The number of benzene rings is 1. The number of fused-ring (bicyclic) bond motifs is 1. The van der Waals surface area contributed by atoms with E-state index in [0.29, 0.717) is 22.6 Å². The van der Waals surface area contributed by atoms with Crippen molar-refractivity contribution in [3.63, 3.8) is 0 Å². The smallest absolute Gasteiger partial charge is 0.235 e. The van der Waals surface area contributed by atoms with Gasteiger partial charge in [-0.1, -0.05) is 0 Å². The largest absolute Gasteiger partial charge is 0.454 e. The maximum atomic E-state index is 14.4. The minimum Gasteiger partial charge on any atom is -0.454 e. The zero-order valence-electron chi connectivity index (χ0n) is 10.8. The second-order valence-corrected chi connectivity index (χ2v) is 5.46. The van der Waals surface area contributed by atoms with Crippen LogP contribution < -0.4 is 9.47 Å². The van der Waals surface area contributed by atoms with Crippen LogP contribution in [0.5, 0.6) is 11.5 Å². The molecule has 0 amide bonds. The number of ether oxygens (including phenoxy) is 2. The van der Waals surface area contributed by atoms with Gasteiger partial charge in [0.05, 0.1) is 5.54 Å². The van der Waals surface area contributed by atoms with Crippen LogP contribution in [0.15, 0.2) is 17.1 Å². The fourth-order valence-electron chi connectivity index (χ4n) is 2.47. The Morgan fingerprint density at radius 1 is 1.32 bits per heavy atom. The number of hydrogen-bond acceptors (Lipinski definition) is 4. The molecule has 1 saturated carbocycles. The summed E-state index contributed by atoms with van der Waals surface area (Å²) in [5.41, 5.74) is -0.966. The second kappa shape index (κ2) is 3.81. The molecule has 19 heavy (non-hydrogen) atoms. The first-order valence-electron chi connectivity index (χ1n) is 6.19. The summed E-state index contributed by atoms with van der Waals surface area (Å²) < 4.78 is 25.0. The second-order valence-electron chi connectivity index (χ2n) is 5.46. The number of aliphatic imine (C=N–C) groups is 1. The fraction of sp³-hybridized carbons (Fsp3) is 0.500. The number of rotatable bonds is 3. The van der Waals surface area contributed by atoms with Crippen molar-refractivity contribution < 1.29 is 18.7 Å². The van der Waals surface area contributed by atoms with Gasteiger partial charge in [0.25, 0.3) is 0 Å². The Morgan fingerprint density at radius 3 is 2.47 bits per heavy atom. The highest BCUT2D eigenvalue weighted by atomic mass is 19.1. The summed E-state index contributed by atoms with van der Waals surface area (Å²) >= 11 is 0. The van der Waals surface area contributed by atoms with Gasteiger partial charge < -0.3 is 9.47 Å². The molecule has 0 N–H and O–H groups in total. The Morgan fingerprint density at radius 2 is 1.95 bits per heavy atom. The molecule has 0 spiro atoms. The summed E-state index contributed by atoms with van der Waals surface area (Å²) in [5, 5.41) is 0. The van der Waals surface area contributed by atoms with Crippen LogP contribution in [-0.4, -0.2) is 12.9 Å². The standard InChI is InChI=1S/C14H14FNO3/c1-13(2,15)9-5-11-12(19-8-18-11)6-10(9)14(3-4-14)16-7-17/h5-6H,3-4,8H2,1-2H3. The van der Waals surface area contributed by atoms with E-state index in [1.165, 1.54) is 13.8 Å². The predicted octanol–water partition coefficient (Wildman–Crippen LogP) is 2.94. The first-order chi connectivity index (χ1) is 8.96. The van der Waals surface area contributed by atoms with Gasteiger partial charge in [-0.15, -0.1) is 0 Å². The van der Waals surface area contributed by atoms with Crippen molar-refractivity contribution in [3.8, 4) is 11.5 Å². The minimum absolute atomic E-state index is 0.134. The molecule has 1 aliphatic heterocycles. The van der Waals surface area contributed by atoms with Crippen molar-refractivity contribution in [1.29, 1.82) is 0 Å². The molecule has 4 nitrogen and oxygen atoms in total. The Bertz CT molecular complexity index is 581. The lowest BCUT2D eigenvalue weighted by Crippen LogP contribution is -2.17. The van der Waals surface area contributed by atoms with Gasteiger partial charge in [0.2, 0.25) is 12.9 Å². The quantitative estimate of drug-likeness (QED) is 0.622. The monoisotopic (exact) mass is 263 g/mol. The van der Waals surface area contributed by atoms with Crippen LogP contribution in [0.3, 0.4) is 0 Å². The third kappa shape index (κ3) is 1.90. The number of nitrogens with zero attached hydrogens (tertiary/aromatic N) is 1. The van der Waals surface area contributed by atoms with Gasteiger partial charge in [0.15, 0.2) is 11.5 Å². The van der Waals surface area contributed by atoms with Gasteiger partial charge in [-0.25, -0.2) is 9.18 Å². The maximum Gasteiger partial charge on any atom is 0.235 e. The van der Waals surface area contributed by atoms with E-state index >= 15 is 0 Å². The lowest BCUT2D eigenvalue weighted by atomic mass is 9.89. The van der Waals surface area contributed by atoms with Crippen LogP contribution in [0.1, 0.15) is 37.8 Å². The van der Waals surface area contributed by atoms with Crippen LogP contribution in [0.2, 0.25) is 0 Å². The van der Waals surface area contributed by atoms with Crippen molar-refractivity contribution in [2.45, 2.75) is 37.9 Å². The third-order valence-electron chi connectivity index (χ3n) is 3.64. The van der Waals surface area contributed by atoms with Crippen LogP contribution in [0.4, 0.5) is 4.39 Å². The fourth-order valence-corrected chi connectivity index (χ4v) is 2.47. The molecule has 0 aromatic heterocycles. The average molecular weight is 263 g/mol. The third-order valence-corrected chi connectivity index (χ3v) is 3.64. The van der Waals surface area contributed by atoms with Crippen LogP contribution in [0.25, 0.3) is 0 Å². The summed E-state index contributed by atoms with van der Waals surface area (Å²) in [7, 11) is 0. The molecule has 1 aliphatic carbocycles. The van der Waals surface area contributed by atoms with Gasteiger partial charge in [-0.05, 0) is 49.9 Å². The van der Waals surface area contributed by atoms with Crippen LogP contribution >= 0.6 is 0 Å². The molecule has 1 fully saturated rings. The molecule has 100 valence electrons. The predicted molar refractivity (Wildman–Crippen MR) is 65.7 cm³/mol. The number of hydrogen-bond donors (Lipinski definition) is 0. The number of carbonyl (C=O) groups excluding carboxylic acids is 1. The maximum absolute atomic E-state index is 14.4. The summed E-state index contributed by atoms with van der Waals surface area (Å²) in [6.07, 6.45) is 3.05. The average Bonchev–Trinajstić information content (AvgIpc) is 2.97. The lowest BCUT2D eigenvalue weighted by Gasteiger charge is -2.22. The molecule has 0 radical (unpaired) electrons. The normalized spacial score (nSPS) is 18.9. The summed E-state index contributed by atoms with van der Waals surface area (Å²) in [5.74, 6) is 1.12. The summed E-state index contributed by atoms with van der Waals surface area (Å²) in [6, 6.07) is 3.39. The molecular weight excluding hydrogens is 249 g/mol. The SMILES string of the molecule is CC(C)(F)c1cc2c(cc1C1(N=C=O)CC1)OCO2. The zero-order valence-corrected chi connectivity index (χ0v) is 10.8. The highest BCUT2D eigenvalue weighted by Crippen LogP contribution is 2.54. The molecule has 0 atom stereocenters. The van der Waals surface area contributed by atoms with Crippen LogP contribution in [0, 0.1) is 0 Å². The molecule has 0 unspecified atom stereocenters. The minimum atomic E-state index is -1.54. The van der Waals surface area contributed by atoms with E-state index < -0.39 is 11.2 Å². The van der Waals surface area contributed by atoms with E-state index in [1.807, 2.05) is 0 Å². The Hall–Kier alpha value is -1.87. The van der Waals surface area contributed by atoms with E-state index in [9.17, 15) is 9.18 Å². The highest BCUT2D eigenvalue weighted by Gasteiger charge is 2.48. The molecule has 3 rings (SSSR count). The van der Waals surface area contributed by atoms with Gasteiger partial charge in [0, 0.05) is 0 Å². The van der Waals surface area contributed by atoms with Gasteiger partial charge in [-0.2, -0.15) is 4.99 Å². The Labute approximate surface area is 110 Å². The van der Waals surface area contributed by atoms with E-state index in [2.05, 4.69) is 4.99 Å². The van der Waals surface area contributed by atoms with Crippen molar-refractivity contribution in [3.05, 3.63) is 23.3 Å². The van der Waals surface area contributed by atoms with E-state index in [1.54, 1.807) is 18.2 Å². The topological polar surface area (TPSA) is 47.9 Å². The van der Waals surface area contributed by atoms with Crippen molar-refractivity contribution in [2.75, 3.05) is 6.79 Å². The van der Waals surface area contributed by atoms with Crippen molar-refractivity contribution in [2.24, 2.45) is 4.99 Å². The van der Waals surface area contributed by atoms with Gasteiger partial charge >= 0.3 is 0 Å². The van der Waals surface area contributed by atoms with Gasteiger partial charge in [0.1, 0.15) is 5.67 Å². The number of halogens is 1. The van der Waals surface area contributed by atoms with Crippen LogP contribution in [-0.2, 0) is 16.0 Å². The lowest BCUT2D eigenvalue weighted by molar-refractivity contribution is 0.173. The first kappa shape index (κ1) is 12.2. The number of isocyanates is 1. The van der Waals surface area contributed by atoms with E-state index in [4.69, 9.17) is 9.47 Å². The van der Waals surface area contributed by atoms with Gasteiger partial charge in [-0.3, -0.25) is 0 Å². The molecule has 5 heteroatoms. The zero-order chi connectivity index (χ0) is 13.7. The summed E-state index contributed by atoms with van der Waals surface area (Å²) in [6.45, 7) is 3.10. The molecule has 1 aromatic rings. The number of alkyl halides is 1. The molecule has 0 bridgehead atoms. The van der Waals surface area contributed by atoms with Crippen molar-refractivity contribution in [1.82, 2.24) is 0 Å². The molecule has 0 saturated heterocycles. The molecule has 1 heterocycles. The molecule has 1 aromatic carbocycles. The molecular formula is C14H14FNO3. The van der Waals surface area contributed by atoms with E-state index in [0.717, 1.165) is 12.8 Å². The Balaban J connectivity index is 2.20. The summed E-state index contributed by atoms with van der Waals surface area (Å²) in [4.78, 5) is 14.5. The van der Waals surface area contributed by atoms with E-state index in [-0.39, 0.29) is 6.79 Å².